The van der Waals surface area contributed by atoms with Crippen molar-refractivity contribution in [2.75, 3.05) is 26.6 Å². The largest absolute Gasteiger partial charge is 0.493 e. The van der Waals surface area contributed by atoms with E-state index in [1.807, 2.05) is 0 Å². The lowest BCUT2D eigenvalue weighted by Crippen LogP contribution is -2.31. The minimum absolute atomic E-state index is 0.0881. The van der Waals surface area contributed by atoms with E-state index in [0.717, 1.165) is 0 Å². The molecule has 0 saturated heterocycles. The van der Waals surface area contributed by atoms with Crippen LogP contribution in [0.2, 0.25) is 0 Å². The summed E-state index contributed by atoms with van der Waals surface area (Å²) < 4.78 is 52.7. The van der Waals surface area contributed by atoms with Crippen LogP contribution < -0.4 is 15.2 Å². The standard InChI is InChI=1S/C21H21F3N2O5/c1-29-17-7-6-12(8-18(17)31-11-21(22,23)24)16(9-19(27)30-2)26-10-14-13(20(26)28)4-3-5-15(14)25/h3-8,16H,9-11,25H2,1-2H3. The fraction of sp³-hybridized carbons (Fsp3) is 0.333. The minimum Gasteiger partial charge on any atom is -0.493 e. The summed E-state index contributed by atoms with van der Waals surface area (Å²) in [7, 11) is 2.51. The number of hydrogen-bond acceptors (Lipinski definition) is 6. The summed E-state index contributed by atoms with van der Waals surface area (Å²) in [5.41, 5.74) is 7.86. The molecule has 3 rings (SSSR count). The average molecular weight is 438 g/mol. The molecule has 1 heterocycles. The number of ether oxygens (including phenoxy) is 3. The monoisotopic (exact) mass is 438 g/mol. The van der Waals surface area contributed by atoms with Crippen LogP contribution in [0.25, 0.3) is 0 Å². The molecule has 31 heavy (non-hydrogen) atoms. The minimum atomic E-state index is -4.55. The molecule has 0 saturated carbocycles. The molecule has 1 aliphatic rings. The Kier molecular flexibility index (Phi) is 6.28. The lowest BCUT2D eigenvalue weighted by Gasteiger charge is -2.28. The maximum absolute atomic E-state index is 13.0. The molecule has 2 aromatic rings. The first-order valence-electron chi connectivity index (χ1n) is 9.27. The van der Waals surface area contributed by atoms with Gasteiger partial charge in [-0.15, -0.1) is 0 Å². The quantitative estimate of drug-likeness (QED) is 0.526. The Bertz CT molecular complexity index is 993. The maximum atomic E-state index is 13.0. The van der Waals surface area contributed by atoms with E-state index >= 15 is 0 Å². The van der Waals surface area contributed by atoms with E-state index in [0.29, 0.717) is 22.4 Å². The van der Waals surface area contributed by atoms with Crippen LogP contribution in [0.15, 0.2) is 36.4 Å². The highest BCUT2D eigenvalue weighted by Gasteiger charge is 2.36. The highest BCUT2D eigenvalue weighted by atomic mass is 19.4. The van der Waals surface area contributed by atoms with E-state index in [1.54, 1.807) is 24.3 Å². The number of hydrogen-bond donors (Lipinski definition) is 1. The van der Waals surface area contributed by atoms with Gasteiger partial charge in [0, 0.05) is 23.4 Å². The number of nitrogen functional groups attached to an aromatic ring is 1. The zero-order valence-electron chi connectivity index (χ0n) is 16.9. The number of rotatable bonds is 7. The Morgan fingerprint density at radius 3 is 2.55 bits per heavy atom. The molecule has 1 unspecified atom stereocenters. The summed E-state index contributed by atoms with van der Waals surface area (Å²) in [5, 5.41) is 0. The average Bonchev–Trinajstić information content (AvgIpc) is 3.07. The Morgan fingerprint density at radius 1 is 1.19 bits per heavy atom. The number of nitrogens with two attached hydrogens (primary N) is 1. The van der Waals surface area contributed by atoms with Crippen molar-refractivity contribution in [3.63, 3.8) is 0 Å². The summed E-state index contributed by atoms with van der Waals surface area (Å²) >= 11 is 0. The SMILES string of the molecule is COC(=O)CC(c1ccc(OC)c(OCC(F)(F)F)c1)N1Cc2c(N)cccc2C1=O. The van der Waals surface area contributed by atoms with Gasteiger partial charge in [0.25, 0.3) is 5.91 Å². The summed E-state index contributed by atoms with van der Waals surface area (Å²) in [6, 6.07) is 8.46. The van der Waals surface area contributed by atoms with Crippen molar-refractivity contribution < 1.29 is 37.0 Å². The highest BCUT2D eigenvalue weighted by Crippen LogP contribution is 2.39. The van der Waals surface area contributed by atoms with Gasteiger partial charge in [0.05, 0.1) is 26.7 Å². The van der Waals surface area contributed by atoms with Gasteiger partial charge in [0.2, 0.25) is 0 Å². The zero-order valence-corrected chi connectivity index (χ0v) is 16.9. The third kappa shape index (κ3) is 4.84. The summed E-state index contributed by atoms with van der Waals surface area (Å²) in [5.74, 6) is -0.999. The number of methoxy groups -OCH3 is 2. The van der Waals surface area contributed by atoms with E-state index in [-0.39, 0.29) is 30.4 Å². The van der Waals surface area contributed by atoms with Gasteiger partial charge in [-0.2, -0.15) is 13.2 Å². The fourth-order valence-corrected chi connectivity index (χ4v) is 3.45. The van der Waals surface area contributed by atoms with Gasteiger partial charge in [0.1, 0.15) is 0 Å². The van der Waals surface area contributed by atoms with E-state index in [2.05, 4.69) is 0 Å². The van der Waals surface area contributed by atoms with Gasteiger partial charge in [-0.3, -0.25) is 9.59 Å². The van der Waals surface area contributed by atoms with Crippen molar-refractivity contribution in [2.45, 2.75) is 25.2 Å². The van der Waals surface area contributed by atoms with Gasteiger partial charge >= 0.3 is 12.1 Å². The Balaban J connectivity index is 1.99. The third-order valence-corrected chi connectivity index (χ3v) is 4.96. The number of amides is 1. The second kappa shape index (κ2) is 8.75. The fourth-order valence-electron chi connectivity index (χ4n) is 3.45. The van der Waals surface area contributed by atoms with E-state index in [9.17, 15) is 22.8 Å². The third-order valence-electron chi connectivity index (χ3n) is 4.96. The molecule has 0 aliphatic carbocycles. The van der Waals surface area contributed by atoms with Gasteiger partial charge in [-0.25, -0.2) is 0 Å². The highest BCUT2D eigenvalue weighted by molar-refractivity contribution is 6.00. The van der Waals surface area contributed by atoms with Crippen LogP contribution in [0.4, 0.5) is 18.9 Å². The smallest absolute Gasteiger partial charge is 0.422 e. The molecule has 7 nitrogen and oxygen atoms in total. The van der Waals surface area contributed by atoms with Crippen molar-refractivity contribution in [3.05, 3.63) is 53.1 Å². The number of carbonyl (C=O) groups is 2. The van der Waals surface area contributed by atoms with Crippen LogP contribution in [0.1, 0.15) is 33.9 Å². The predicted octanol–water partition coefficient (Wildman–Crippen LogP) is 3.48. The molecule has 2 N–H and O–H groups in total. The maximum Gasteiger partial charge on any atom is 0.422 e. The first kappa shape index (κ1) is 22.3. The second-order valence-electron chi connectivity index (χ2n) is 6.92. The van der Waals surface area contributed by atoms with Gasteiger partial charge in [-0.05, 0) is 29.8 Å². The molecule has 1 atom stereocenters. The van der Waals surface area contributed by atoms with Gasteiger partial charge in [0.15, 0.2) is 18.1 Å². The molecule has 2 aromatic carbocycles. The van der Waals surface area contributed by atoms with E-state index in [1.165, 1.54) is 31.3 Å². The van der Waals surface area contributed by atoms with E-state index in [4.69, 9.17) is 19.9 Å². The topological polar surface area (TPSA) is 91.1 Å². The van der Waals surface area contributed by atoms with Crippen LogP contribution in [0, 0.1) is 0 Å². The number of nitrogens with zero attached hydrogens (tertiary/aromatic N) is 1. The number of anilines is 1. The molecular weight excluding hydrogens is 417 g/mol. The lowest BCUT2D eigenvalue weighted by molar-refractivity contribution is -0.153. The van der Waals surface area contributed by atoms with Crippen LogP contribution >= 0.6 is 0 Å². The Morgan fingerprint density at radius 2 is 1.94 bits per heavy atom. The predicted molar refractivity (Wildman–Crippen MR) is 105 cm³/mol. The summed E-state index contributed by atoms with van der Waals surface area (Å²) in [6.07, 6.45) is -4.75. The normalized spacial score (nSPS) is 14.2. The summed E-state index contributed by atoms with van der Waals surface area (Å²) in [6.45, 7) is -1.37. The van der Waals surface area contributed by atoms with Crippen LogP contribution in [0.3, 0.4) is 0 Å². The molecule has 0 fully saturated rings. The number of esters is 1. The van der Waals surface area contributed by atoms with Crippen molar-refractivity contribution in [1.82, 2.24) is 4.90 Å². The van der Waals surface area contributed by atoms with Crippen molar-refractivity contribution in [1.29, 1.82) is 0 Å². The lowest BCUT2D eigenvalue weighted by atomic mass is 10.0. The Labute approximate surface area is 176 Å². The van der Waals surface area contributed by atoms with Crippen molar-refractivity contribution in [2.24, 2.45) is 0 Å². The molecule has 0 aromatic heterocycles. The van der Waals surface area contributed by atoms with E-state index < -0.39 is 24.8 Å². The number of carbonyl (C=O) groups excluding carboxylic acids is 2. The second-order valence-corrected chi connectivity index (χ2v) is 6.92. The number of alkyl halides is 3. The molecular formula is C21H21F3N2O5. The molecule has 1 aliphatic heterocycles. The first-order valence-corrected chi connectivity index (χ1v) is 9.27. The number of halogens is 3. The van der Waals surface area contributed by atoms with Crippen LogP contribution in [-0.2, 0) is 16.1 Å². The van der Waals surface area contributed by atoms with Crippen LogP contribution in [-0.4, -0.2) is 43.8 Å². The van der Waals surface area contributed by atoms with Crippen molar-refractivity contribution in [3.8, 4) is 11.5 Å². The van der Waals surface area contributed by atoms with Crippen molar-refractivity contribution >= 4 is 17.6 Å². The van der Waals surface area contributed by atoms with Gasteiger partial charge < -0.3 is 24.8 Å². The molecule has 0 spiro atoms. The van der Waals surface area contributed by atoms with Crippen LogP contribution in [0.5, 0.6) is 11.5 Å². The van der Waals surface area contributed by atoms with Gasteiger partial charge in [-0.1, -0.05) is 12.1 Å². The Hall–Kier alpha value is -3.43. The molecule has 0 bridgehead atoms. The number of fused-ring (bicyclic) bond motifs is 1. The molecule has 1 amide bonds. The zero-order chi connectivity index (χ0) is 22.8. The molecule has 10 heteroatoms. The molecule has 0 radical (unpaired) electrons. The first-order chi connectivity index (χ1) is 14.6. The summed E-state index contributed by atoms with van der Waals surface area (Å²) in [4.78, 5) is 26.5. The molecule has 166 valence electrons. The number of benzene rings is 2.